The van der Waals surface area contributed by atoms with Crippen LogP contribution in [-0.2, 0) is 0 Å². The van der Waals surface area contributed by atoms with Crippen molar-refractivity contribution in [3.05, 3.63) is 40.9 Å². The van der Waals surface area contributed by atoms with Crippen molar-refractivity contribution in [1.82, 2.24) is 5.32 Å². The highest BCUT2D eigenvalue weighted by molar-refractivity contribution is 9.10. The lowest BCUT2D eigenvalue weighted by Gasteiger charge is -2.14. The minimum Gasteiger partial charge on any atom is -0.496 e. The fraction of sp³-hybridized carbons (Fsp3) is 0.333. The van der Waals surface area contributed by atoms with E-state index in [0.717, 1.165) is 16.8 Å². The highest BCUT2D eigenvalue weighted by atomic mass is 79.9. The van der Waals surface area contributed by atoms with Gasteiger partial charge in [-0.05, 0) is 40.5 Å². The van der Waals surface area contributed by atoms with Crippen molar-refractivity contribution < 1.29 is 4.74 Å². The molecule has 2 nitrogen and oxygen atoms in total. The molecule has 0 aliphatic rings. The first-order valence-electron chi connectivity index (χ1n) is 4.86. The molecule has 0 heterocycles. The summed E-state index contributed by atoms with van der Waals surface area (Å²) in [4.78, 5) is 0. The molecule has 1 N–H and O–H groups in total. The third-order valence-electron chi connectivity index (χ3n) is 2.24. The molecule has 0 saturated heterocycles. The van der Waals surface area contributed by atoms with Crippen LogP contribution in [0.3, 0.4) is 0 Å². The number of halogens is 1. The molecule has 0 aliphatic carbocycles. The quantitative estimate of drug-likeness (QED) is 0.829. The van der Waals surface area contributed by atoms with Crippen molar-refractivity contribution >= 4 is 15.9 Å². The van der Waals surface area contributed by atoms with Crippen LogP contribution in [0.25, 0.3) is 0 Å². The summed E-state index contributed by atoms with van der Waals surface area (Å²) in [5.74, 6) is 0.856. The van der Waals surface area contributed by atoms with E-state index >= 15 is 0 Å². The van der Waals surface area contributed by atoms with Crippen LogP contribution in [0.2, 0.25) is 0 Å². The second-order valence-electron chi connectivity index (χ2n) is 3.31. The molecule has 1 unspecified atom stereocenters. The number of rotatable bonds is 5. The number of nitrogens with one attached hydrogen (secondary N) is 1. The summed E-state index contributed by atoms with van der Waals surface area (Å²) >= 11 is 3.47. The van der Waals surface area contributed by atoms with Gasteiger partial charge in [0.05, 0.1) is 11.6 Å². The van der Waals surface area contributed by atoms with Crippen molar-refractivity contribution in [3.63, 3.8) is 0 Å². The zero-order valence-corrected chi connectivity index (χ0v) is 10.7. The number of hydrogen-bond acceptors (Lipinski definition) is 2. The zero-order chi connectivity index (χ0) is 11.3. The van der Waals surface area contributed by atoms with Crippen LogP contribution in [-0.4, -0.2) is 13.7 Å². The highest BCUT2D eigenvalue weighted by Gasteiger charge is 2.06. The van der Waals surface area contributed by atoms with Gasteiger partial charge in [-0.3, -0.25) is 0 Å². The third-order valence-corrected chi connectivity index (χ3v) is 2.86. The topological polar surface area (TPSA) is 21.3 Å². The Morgan fingerprint density at radius 3 is 2.87 bits per heavy atom. The lowest BCUT2D eigenvalue weighted by Crippen LogP contribution is -2.18. The maximum atomic E-state index is 5.18. The average Bonchev–Trinajstić information content (AvgIpc) is 2.25. The summed E-state index contributed by atoms with van der Waals surface area (Å²) in [6.07, 6.45) is 1.86. The Morgan fingerprint density at radius 1 is 1.60 bits per heavy atom. The number of hydrogen-bond donors (Lipinski definition) is 1. The Labute approximate surface area is 99.5 Å². The molecule has 3 heteroatoms. The fourth-order valence-corrected chi connectivity index (χ4v) is 1.89. The number of ether oxygens (including phenoxy) is 1. The lowest BCUT2D eigenvalue weighted by atomic mass is 10.1. The Bertz CT molecular complexity index is 338. The highest BCUT2D eigenvalue weighted by Crippen LogP contribution is 2.27. The first-order chi connectivity index (χ1) is 7.19. The van der Waals surface area contributed by atoms with E-state index in [4.69, 9.17) is 4.74 Å². The summed E-state index contributed by atoms with van der Waals surface area (Å²) in [7, 11) is 1.67. The lowest BCUT2D eigenvalue weighted by molar-refractivity contribution is 0.411. The van der Waals surface area contributed by atoms with Crippen molar-refractivity contribution in [2.75, 3.05) is 13.7 Å². The van der Waals surface area contributed by atoms with Gasteiger partial charge in [0, 0.05) is 12.6 Å². The van der Waals surface area contributed by atoms with Gasteiger partial charge in [0.25, 0.3) is 0 Å². The van der Waals surface area contributed by atoms with Gasteiger partial charge in [0.2, 0.25) is 0 Å². The van der Waals surface area contributed by atoms with Gasteiger partial charge in [-0.1, -0.05) is 12.1 Å². The van der Waals surface area contributed by atoms with Gasteiger partial charge < -0.3 is 10.1 Å². The molecule has 0 spiro atoms. The smallest absolute Gasteiger partial charge is 0.133 e. The van der Waals surface area contributed by atoms with Crippen LogP contribution in [0.5, 0.6) is 5.75 Å². The van der Waals surface area contributed by atoms with Crippen LogP contribution in [0.1, 0.15) is 18.5 Å². The van der Waals surface area contributed by atoms with Crippen LogP contribution >= 0.6 is 15.9 Å². The van der Waals surface area contributed by atoms with E-state index in [1.165, 1.54) is 5.56 Å². The molecular weight excluding hydrogens is 254 g/mol. The van der Waals surface area contributed by atoms with Gasteiger partial charge in [-0.15, -0.1) is 6.58 Å². The summed E-state index contributed by atoms with van der Waals surface area (Å²) in [6, 6.07) is 6.40. The Kier molecular flexibility index (Phi) is 4.85. The first kappa shape index (κ1) is 12.3. The van der Waals surface area contributed by atoms with E-state index in [9.17, 15) is 0 Å². The predicted molar refractivity (Wildman–Crippen MR) is 67.3 cm³/mol. The molecule has 1 aromatic carbocycles. The molecule has 0 amide bonds. The monoisotopic (exact) mass is 269 g/mol. The molecule has 0 aromatic heterocycles. The summed E-state index contributed by atoms with van der Waals surface area (Å²) in [5, 5.41) is 3.33. The SMILES string of the molecule is C=CCNC(C)c1ccc(OC)c(Br)c1. The van der Waals surface area contributed by atoms with Crippen molar-refractivity contribution in [1.29, 1.82) is 0 Å². The van der Waals surface area contributed by atoms with E-state index in [-0.39, 0.29) is 0 Å². The van der Waals surface area contributed by atoms with Crippen LogP contribution in [0.15, 0.2) is 35.3 Å². The van der Waals surface area contributed by atoms with E-state index in [1.54, 1.807) is 7.11 Å². The second-order valence-corrected chi connectivity index (χ2v) is 4.17. The number of methoxy groups -OCH3 is 1. The summed E-state index contributed by atoms with van der Waals surface area (Å²) in [5.41, 5.74) is 1.23. The van der Waals surface area contributed by atoms with E-state index in [0.29, 0.717) is 6.04 Å². The third kappa shape index (κ3) is 3.36. The van der Waals surface area contributed by atoms with Crippen LogP contribution in [0, 0.1) is 0 Å². The van der Waals surface area contributed by atoms with Crippen molar-refractivity contribution in [3.8, 4) is 5.75 Å². The molecule has 82 valence electrons. The maximum Gasteiger partial charge on any atom is 0.133 e. The van der Waals surface area contributed by atoms with Crippen LogP contribution < -0.4 is 10.1 Å². The molecule has 0 aliphatic heterocycles. The summed E-state index contributed by atoms with van der Waals surface area (Å²) < 4.78 is 6.16. The number of benzene rings is 1. The molecule has 1 rings (SSSR count). The van der Waals surface area contributed by atoms with Crippen LogP contribution in [0.4, 0.5) is 0 Å². The van der Waals surface area contributed by atoms with E-state index in [2.05, 4.69) is 46.9 Å². The molecule has 15 heavy (non-hydrogen) atoms. The summed E-state index contributed by atoms with van der Waals surface area (Å²) in [6.45, 7) is 6.61. The van der Waals surface area contributed by atoms with Gasteiger partial charge in [0.15, 0.2) is 0 Å². The largest absolute Gasteiger partial charge is 0.496 e. The molecule has 1 atom stereocenters. The molecule has 0 saturated carbocycles. The Hall–Kier alpha value is -0.800. The Balaban J connectivity index is 2.77. The fourth-order valence-electron chi connectivity index (χ4n) is 1.33. The van der Waals surface area contributed by atoms with E-state index in [1.807, 2.05) is 12.1 Å². The minimum absolute atomic E-state index is 0.310. The molecule has 1 aromatic rings. The molecule has 0 fully saturated rings. The van der Waals surface area contributed by atoms with Crippen molar-refractivity contribution in [2.45, 2.75) is 13.0 Å². The normalized spacial score (nSPS) is 12.2. The van der Waals surface area contributed by atoms with E-state index < -0.39 is 0 Å². The standard InChI is InChI=1S/C12H16BrNO/c1-4-7-14-9(2)10-5-6-12(15-3)11(13)8-10/h4-6,8-9,14H,1,7H2,2-3H3. The zero-order valence-electron chi connectivity index (χ0n) is 9.09. The first-order valence-corrected chi connectivity index (χ1v) is 5.66. The average molecular weight is 270 g/mol. The predicted octanol–water partition coefficient (Wildman–Crippen LogP) is 3.29. The van der Waals surface area contributed by atoms with Gasteiger partial charge >= 0.3 is 0 Å². The molecule has 0 bridgehead atoms. The molecular formula is C12H16BrNO. The maximum absolute atomic E-state index is 5.18. The minimum atomic E-state index is 0.310. The van der Waals surface area contributed by atoms with Gasteiger partial charge in [0.1, 0.15) is 5.75 Å². The Morgan fingerprint density at radius 2 is 2.33 bits per heavy atom. The second kappa shape index (κ2) is 5.93. The van der Waals surface area contributed by atoms with Crippen molar-refractivity contribution in [2.24, 2.45) is 0 Å². The molecule has 0 radical (unpaired) electrons. The van der Waals surface area contributed by atoms with Gasteiger partial charge in [-0.2, -0.15) is 0 Å². The van der Waals surface area contributed by atoms with Gasteiger partial charge in [-0.25, -0.2) is 0 Å².